The van der Waals surface area contributed by atoms with Gasteiger partial charge in [0.05, 0.1) is 0 Å². The Morgan fingerprint density at radius 3 is 2.47 bits per heavy atom. The SMILES string of the molecule is Cc1ccc(C(=O)c2ccccc2CCN)cc1C. The second-order valence-corrected chi connectivity index (χ2v) is 4.82. The fourth-order valence-corrected chi connectivity index (χ4v) is 2.15. The molecule has 0 fully saturated rings. The van der Waals surface area contributed by atoms with Crippen molar-refractivity contribution >= 4 is 5.78 Å². The van der Waals surface area contributed by atoms with E-state index in [2.05, 4.69) is 0 Å². The Labute approximate surface area is 114 Å². The molecular weight excluding hydrogens is 234 g/mol. The molecule has 0 aliphatic heterocycles. The zero-order valence-electron chi connectivity index (χ0n) is 11.4. The lowest BCUT2D eigenvalue weighted by Gasteiger charge is -2.09. The molecule has 2 rings (SSSR count). The highest BCUT2D eigenvalue weighted by Gasteiger charge is 2.13. The van der Waals surface area contributed by atoms with Crippen molar-refractivity contribution in [2.45, 2.75) is 20.3 Å². The number of aryl methyl sites for hydroxylation is 2. The molecule has 0 aliphatic rings. The third-order valence-corrected chi connectivity index (χ3v) is 3.44. The van der Waals surface area contributed by atoms with Crippen LogP contribution in [-0.2, 0) is 6.42 Å². The van der Waals surface area contributed by atoms with Crippen molar-refractivity contribution in [1.29, 1.82) is 0 Å². The Balaban J connectivity index is 2.41. The van der Waals surface area contributed by atoms with Crippen LogP contribution in [0.25, 0.3) is 0 Å². The molecule has 0 amide bonds. The van der Waals surface area contributed by atoms with E-state index in [1.165, 1.54) is 5.56 Å². The number of carbonyl (C=O) groups is 1. The van der Waals surface area contributed by atoms with Gasteiger partial charge in [-0.2, -0.15) is 0 Å². The Hall–Kier alpha value is -1.93. The largest absolute Gasteiger partial charge is 0.330 e. The van der Waals surface area contributed by atoms with Gasteiger partial charge in [0.25, 0.3) is 0 Å². The van der Waals surface area contributed by atoms with Gasteiger partial charge in [-0.1, -0.05) is 36.4 Å². The van der Waals surface area contributed by atoms with Crippen LogP contribution in [0.15, 0.2) is 42.5 Å². The first-order valence-corrected chi connectivity index (χ1v) is 6.53. The van der Waals surface area contributed by atoms with Crippen molar-refractivity contribution < 1.29 is 4.79 Å². The topological polar surface area (TPSA) is 43.1 Å². The van der Waals surface area contributed by atoms with Gasteiger partial charge in [0.2, 0.25) is 0 Å². The summed E-state index contributed by atoms with van der Waals surface area (Å²) < 4.78 is 0. The van der Waals surface area contributed by atoms with Gasteiger partial charge in [-0.15, -0.1) is 0 Å². The zero-order chi connectivity index (χ0) is 13.8. The first-order chi connectivity index (χ1) is 9.13. The third-order valence-electron chi connectivity index (χ3n) is 3.44. The number of ketones is 1. The third kappa shape index (κ3) is 2.91. The van der Waals surface area contributed by atoms with Crippen LogP contribution in [0.2, 0.25) is 0 Å². The molecule has 0 aromatic heterocycles. The highest BCUT2D eigenvalue weighted by atomic mass is 16.1. The lowest BCUT2D eigenvalue weighted by molar-refractivity contribution is 0.103. The summed E-state index contributed by atoms with van der Waals surface area (Å²) in [6.07, 6.45) is 0.729. The summed E-state index contributed by atoms with van der Waals surface area (Å²) in [5.41, 5.74) is 10.5. The van der Waals surface area contributed by atoms with Gasteiger partial charge in [0.1, 0.15) is 0 Å². The van der Waals surface area contributed by atoms with Crippen molar-refractivity contribution in [2.75, 3.05) is 6.54 Å². The van der Waals surface area contributed by atoms with E-state index < -0.39 is 0 Å². The van der Waals surface area contributed by atoms with E-state index in [9.17, 15) is 4.79 Å². The molecule has 2 nitrogen and oxygen atoms in total. The van der Waals surface area contributed by atoms with E-state index >= 15 is 0 Å². The van der Waals surface area contributed by atoms with E-state index in [0.717, 1.165) is 28.7 Å². The van der Waals surface area contributed by atoms with Crippen LogP contribution in [-0.4, -0.2) is 12.3 Å². The van der Waals surface area contributed by atoms with Crippen LogP contribution in [0.5, 0.6) is 0 Å². The average Bonchev–Trinajstić information content (AvgIpc) is 2.42. The van der Waals surface area contributed by atoms with Crippen LogP contribution >= 0.6 is 0 Å². The lowest BCUT2D eigenvalue weighted by Crippen LogP contribution is -2.10. The molecule has 0 saturated heterocycles. The van der Waals surface area contributed by atoms with Gasteiger partial charge >= 0.3 is 0 Å². The molecule has 2 heteroatoms. The Morgan fingerprint density at radius 2 is 1.79 bits per heavy atom. The highest BCUT2D eigenvalue weighted by Crippen LogP contribution is 2.17. The molecule has 19 heavy (non-hydrogen) atoms. The van der Waals surface area contributed by atoms with Gasteiger partial charge < -0.3 is 5.73 Å². The second kappa shape index (κ2) is 5.81. The molecule has 0 atom stereocenters. The molecule has 2 N–H and O–H groups in total. The normalized spacial score (nSPS) is 10.5. The molecule has 0 bridgehead atoms. The summed E-state index contributed by atoms with van der Waals surface area (Å²) in [5, 5.41) is 0. The quantitative estimate of drug-likeness (QED) is 0.851. The molecule has 0 heterocycles. The van der Waals surface area contributed by atoms with Crippen LogP contribution < -0.4 is 5.73 Å². The van der Waals surface area contributed by atoms with Crippen LogP contribution in [0.3, 0.4) is 0 Å². The van der Waals surface area contributed by atoms with Crippen molar-refractivity contribution in [1.82, 2.24) is 0 Å². The minimum Gasteiger partial charge on any atom is -0.330 e. The van der Waals surface area contributed by atoms with Crippen molar-refractivity contribution in [3.05, 3.63) is 70.3 Å². The number of nitrogens with two attached hydrogens (primary N) is 1. The van der Waals surface area contributed by atoms with E-state index in [4.69, 9.17) is 5.73 Å². The maximum atomic E-state index is 12.6. The van der Waals surface area contributed by atoms with Gasteiger partial charge in [-0.3, -0.25) is 4.79 Å². The number of hydrogen-bond acceptors (Lipinski definition) is 2. The molecule has 0 spiro atoms. The van der Waals surface area contributed by atoms with E-state index in [1.54, 1.807) is 0 Å². The minimum atomic E-state index is 0.0761. The van der Waals surface area contributed by atoms with Gasteiger partial charge in [0.15, 0.2) is 5.78 Å². The fourth-order valence-electron chi connectivity index (χ4n) is 2.15. The summed E-state index contributed by atoms with van der Waals surface area (Å²) in [6.45, 7) is 4.63. The number of rotatable bonds is 4. The smallest absolute Gasteiger partial charge is 0.193 e. The van der Waals surface area contributed by atoms with Crippen molar-refractivity contribution in [3.63, 3.8) is 0 Å². The summed E-state index contributed by atoms with van der Waals surface area (Å²) in [5.74, 6) is 0.0761. The van der Waals surface area contributed by atoms with Crippen molar-refractivity contribution in [3.8, 4) is 0 Å². The average molecular weight is 253 g/mol. The number of carbonyl (C=O) groups excluding carboxylic acids is 1. The Bertz CT molecular complexity index is 602. The van der Waals surface area contributed by atoms with Crippen molar-refractivity contribution in [2.24, 2.45) is 5.73 Å². The van der Waals surface area contributed by atoms with E-state index in [0.29, 0.717) is 6.54 Å². The monoisotopic (exact) mass is 253 g/mol. The molecule has 0 radical (unpaired) electrons. The van der Waals surface area contributed by atoms with Gasteiger partial charge in [-0.05, 0) is 49.6 Å². The highest BCUT2D eigenvalue weighted by molar-refractivity contribution is 6.10. The number of benzene rings is 2. The van der Waals surface area contributed by atoms with Gasteiger partial charge in [0, 0.05) is 11.1 Å². The van der Waals surface area contributed by atoms with Crippen LogP contribution in [0, 0.1) is 13.8 Å². The fraction of sp³-hybridized carbons (Fsp3) is 0.235. The van der Waals surface area contributed by atoms with Crippen LogP contribution in [0.1, 0.15) is 32.6 Å². The second-order valence-electron chi connectivity index (χ2n) is 4.82. The summed E-state index contributed by atoms with van der Waals surface area (Å²) in [6, 6.07) is 13.5. The maximum absolute atomic E-state index is 12.6. The first kappa shape index (κ1) is 13.5. The Morgan fingerprint density at radius 1 is 1.05 bits per heavy atom. The predicted octanol–water partition coefficient (Wildman–Crippen LogP) is 3.04. The van der Waals surface area contributed by atoms with Gasteiger partial charge in [-0.25, -0.2) is 0 Å². The molecule has 2 aromatic rings. The lowest BCUT2D eigenvalue weighted by atomic mass is 9.95. The molecule has 2 aromatic carbocycles. The maximum Gasteiger partial charge on any atom is 0.193 e. The number of hydrogen-bond donors (Lipinski definition) is 1. The van der Waals surface area contributed by atoms with Crippen LogP contribution in [0.4, 0.5) is 0 Å². The first-order valence-electron chi connectivity index (χ1n) is 6.53. The predicted molar refractivity (Wildman–Crippen MR) is 78.5 cm³/mol. The summed E-state index contributed by atoms with van der Waals surface area (Å²) >= 11 is 0. The summed E-state index contributed by atoms with van der Waals surface area (Å²) in [7, 11) is 0. The standard InChI is InChI=1S/C17H19NO/c1-12-7-8-15(11-13(12)2)17(19)16-6-4-3-5-14(16)9-10-18/h3-8,11H,9-10,18H2,1-2H3. The molecular formula is C17H19NO. The minimum absolute atomic E-state index is 0.0761. The summed E-state index contributed by atoms with van der Waals surface area (Å²) in [4.78, 5) is 12.6. The Kier molecular flexibility index (Phi) is 4.13. The molecule has 98 valence electrons. The molecule has 0 saturated carbocycles. The molecule has 0 unspecified atom stereocenters. The molecule has 0 aliphatic carbocycles. The zero-order valence-corrected chi connectivity index (χ0v) is 11.4. The van der Waals surface area contributed by atoms with E-state index in [1.807, 2.05) is 56.3 Å². The van der Waals surface area contributed by atoms with E-state index in [-0.39, 0.29) is 5.78 Å².